The van der Waals surface area contributed by atoms with Crippen LogP contribution < -0.4 is 10.5 Å². The van der Waals surface area contributed by atoms with Crippen LogP contribution in [0.25, 0.3) is 0 Å². The first-order chi connectivity index (χ1) is 10.3. The van der Waals surface area contributed by atoms with Gasteiger partial charge < -0.3 is 5.32 Å². The number of benzene rings is 2. The molecule has 6 heteroatoms. The third kappa shape index (κ3) is 4.16. The Bertz CT molecular complexity index is 797. The standard InChI is InChI=1S/C16H18N2O3S/c1-11-3-4-13(9-12(11)2)10-16(19)18-14-5-7-15(8-6-14)22(17,20)21/h3-9H,10H2,1-2H3,(H,18,19)(H2,17,20,21). The van der Waals surface area contributed by atoms with Crippen molar-refractivity contribution >= 4 is 21.6 Å². The number of carbonyl (C=O) groups is 1. The minimum absolute atomic E-state index is 0.0136. The van der Waals surface area contributed by atoms with E-state index in [1.54, 1.807) is 0 Å². The van der Waals surface area contributed by atoms with Crippen LogP contribution in [0.4, 0.5) is 5.69 Å². The molecule has 0 saturated heterocycles. The van der Waals surface area contributed by atoms with E-state index < -0.39 is 10.0 Å². The molecule has 2 rings (SSSR count). The quantitative estimate of drug-likeness (QED) is 0.905. The van der Waals surface area contributed by atoms with Crippen LogP contribution in [0.1, 0.15) is 16.7 Å². The maximum absolute atomic E-state index is 12.0. The van der Waals surface area contributed by atoms with E-state index in [9.17, 15) is 13.2 Å². The molecule has 5 nitrogen and oxygen atoms in total. The van der Waals surface area contributed by atoms with Crippen LogP contribution in [-0.4, -0.2) is 14.3 Å². The number of rotatable bonds is 4. The maximum atomic E-state index is 12.0. The van der Waals surface area contributed by atoms with Crippen molar-refractivity contribution in [3.05, 3.63) is 59.2 Å². The fourth-order valence-electron chi connectivity index (χ4n) is 2.03. The van der Waals surface area contributed by atoms with Crippen molar-refractivity contribution in [2.24, 2.45) is 5.14 Å². The van der Waals surface area contributed by atoms with Crippen molar-refractivity contribution in [2.75, 3.05) is 5.32 Å². The van der Waals surface area contributed by atoms with Crippen molar-refractivity contribution in [1.29, 1.82) is 0 Å². The Morgan fingerprint density at radius 3 is 2.23 bits per heavy atom. The van der Waals surface area contributed by atoms with Gasteiger partial charge in [0.05, 0.1) is 11.3 Å². The van der Waals surface area contributed by atoms with Crippen LogP contribution in [0.5, 0.6) is 0 Å². The molecule has 0 aliphatic heterocycles. The van der Waals surface area contributed by atoms with E-state index in [1.165, 1.54) is 29.8 Å². The number of anilines is 1. The van der Waals surface area contributed by atoms with E-state index in [1.807, 2.05) is 32.0 Å². The number of carbonyl (C=O) groups excluding carboxylic acids is 1. The lowest BCUT2D eigenvalue weighted by atomic mass is 10.0. The van der Waals surface area contributed by atoms with Crippen LogP contribution in [0, 0.1) is 13.8 Å². The molecule has 0 aliphatic rings. The first kappa shape index (κ1) is 16.2. The smallest absolute Gasteiger partial charge is 0.238 e. The summed E-state index contributed by atoms with van der Waals surface area (Å²) in [7, 11) is -3.72. The van der Waals surface area contributed by atoms with Crippen LogP contribution in [0.2, 0.25) is 0 Å². The lowest BCUT2D eigenvalue weighted by molar-refractivity contribution is -0.115. The van der Waals surface area contributed by atoms with Crippen molar-refractivity contribution < 1.29 is 13.2 Å². The van der Waals surface area contributed by atoms with Gasteiger partial charge in [-0.15, -0.1) is 0 Å². The van der Waals surface area contributed by atoms with Crippen molar-refractivity contribution in [1.82, 2.24) is 0 Å². The topological polar surface area (TPSA) is 89.3 Å². The van der Waals surface area contributed by atoms with Crippen molar-refractivity contribution in [3.63, 3.8) is 0 Å². The minimum Gasteiger partial charge on any atom is -0.326 e. The molecule has 2 aromatic rings. The highest BCUT2D eigenvalue weighted by molar-refractivity contribution is 7.89. The first-order valence-corrected chi connectivity index (χ1v) is 8.29. The number of sulfonamides is 1. The molecule has 0 fully saturated rings. The number of nitrogens with one attached hydrogen (secondary N) is 1. The molecule has 0 heterocycles. The Balaban J connectivity index is 2.04. The molecule has 2 aromatic carbocycles. The van der Waals surface area contributed by atoms with Crippen LogP contribution in [-0.2, 0) is 21.2 Å². The van der Waals surface area contributed by atoms with Gasteiger partial charge in [-0.05, 0) is 54.8 Å². The lowest BCUT2D eigenvalue weighted by Gasteiger charge is -2.07. The first-order valence-electron chi connectivity index (χ1n) is 6.74. The summed E-state index contributed by atoms with van der Waals surface area (Å²) in [4.78, 5) is 12.0. The molecule has 0 atom stereocenters. The summed E-state index contributed by atoms with van der Waals surface area (Å²) in [6.45, 7) is 4.02. The van der Waals surface area contributed by atoms with Gasteiger partial charge in [0.15, 0.2) is 0 Å². The van der Waals surface area contributed by atoms with Crippen molar-refractivity contribution in [2.45, 2.75) is 25.2 Å². The van der Waals surface area contributed by atoms with Gasteiger partial charge >= 0.3 is 0 Å². The Kier molecular flexibility index (Phi) is 4.63. The molecule has 0 saturated carbocycles. The fraction of sp³-hybridized carbons (Fsp3) is 0.188. The van der Waals surface area contributed by atoms with E-state index in [4.69, 9.17) is 5.14 Å². The van der Waals surface area contributed by atoms with Gasteiger partial charge in [0, 0.05) is 5.69 Å². The van der Waals surface area contributed by atoms with E-state index in [2.05, 4.69) is 5.32 Å². The maximum Gasteiger partial charge on any atom is 0.238 e. The second-order valence-electron chi connectivity index (χ2n) is 5.21. The van der Waals surface area contributed by atoms with Crippen molar-refractivity contribution in [3.8, 4) is 0 Å². The summed E-state index contributed by atoms with van der Waals surface area (Å²) >= 11 is 0. The second-order valence-corrected chi connectivity index (χ2v) is 6.77. The highest BCUT2D eigenvalue weighted by Crippen LogP contribution is 2.14. The summed E-state index contributed by atoms with van der Waals surface area (Å²) in [6, 6.07) is 11.6. The van der Waals surface area contributed by atoms with Crippen LogP contribution in [0.15, 0.2) is 47.4 Å². The Morgan fingerprint density at radius 1 is 1.05 bits per heavy atom. The van der Waals surface area contributed by atoms with E-state index in [0.29, 0.717) is 5.69 Å². The molecular weight excluding hydrogens is 300 g/mol. The molecule has 1 amide bonds. The predicted molar refractivity (Wildman–Crippen MR) is 86.1 cm³/mol. The zero-order chi connectivity index (χ0) is 16.3. The minimum atomic E-state index is -3.72. The summed E-state index contributed by atoms with van der Waals surface area (Å²) in [5.74, 6) is -0.161. The van der Waals surface area contributed by atoms with Gasteiger partial charge in [-0.25, -0.2) is 13.6 Å². The molecule has 0 aromatic heterocycles. The zero-order valence-electron chi connectivity index (χ0n) is 12.5. The number of nitrogens with two attached hydrogens (primary N) is 1. The molecule has 0 radical (unpaired) electrons. The average molecular weight is 318 g/mol. The number of amides is 1. The van der Waals surface area contributed by atoms with Gasteiger partial charge in [0.2, 0.25) is 15.9 Å². The Morgan fingerprint density at radius 2 is 1.68 bits per heavy atom. The average Bonchev–Trinajstić information content (AvgIpc) is 2.42. The second kappa shape index (κ2) is 6.29. The van der Waals surface area contributed by atoms with Gasteiger partial charge in [0.1, 0.15) is 0 Å². The van der Waals surface area contributed by atoms with Crippen LogP contribution in [0.3, 0.4) is 0 Å². The Hall–Kier alpha value is -2.18. The summed E-state index contributed by atoms with van der Waals surface area (Å²) < 4.78 is 22.3. The molecule has 3 N–H and O–H groups in total. The molecule has 22 heavy (non-hydrogen) atoms. The highest BCUT2D eigenvalue weighted by Gasteiger charge is 2.09. The normalized spacial score (nSPS) is 11.2. The number of primary sulfonamides is 1. The van der Waals surface area contributed by atoms with Gasteiger partial charge in [-0.2, -0.15) is 0 Å². The monoisotopic (exact) mass is 318 g/mol. The lowest BCUT2D eigenvalue weighted by Crippen LogP contribution is -2.15. The molecule has 116 valence electrons. The molecule has 0 bridgehead atoms. The summed E-state index contributed by atoms with van der Waals surface area (Å²) in [6.07, 6.45) is 0.262. The van der Waals surface area contributed by atoms with Gasteiger partial charge in [-0.3, -0.25) is 4.79 Å². The van der Waals surface area contributed by atoms with E-state index in [0.717, 1.165) is 11.1 Å². The third-order valence-electron chi connectivity index (χ3n) is 3.40. The number of aryl methyl sites for hydroxylation is 2. The zero-order valence-corrected chi connectivity index (χ0v) is 13.3. The fourth-order valence-corrected chi connectivity index (χ4v) is 2.55. The number of hydrogen-bond donors (Lipinski definition) is 2. The van der Waals surface area contributed by atoms with E-state index in [-0.39, 0.29) is 17.2 Å². The van der Waals surface area contributed by atoms with Crippen LogP contribution >= 0.6 is 0 Å². The predicted octanol–water partition coefficient (Wildman–Crippen LogP) is 2.13. The Labute approximate surface area is 130 Å². The largest absolute Gasteiger partial charge is 0.326 e. The van der Waals surface area contributed by atoms with Gasteiger partial charge in [0.25, 0.3) is 0 Å². The molecular formula is C16H18N2O3S. The number of hydrogen-bond acceptors (Lipinski definition) is 3. The summed E-state index contributed by atoms with van der Waals surface area (Å²) in [5, 5.41) is 7.75. The molecule has 0 aliphatic carbocycles. The highest BCUT2D eigenvalue weighted by atomic mass is 32.2. The third-order valence-corrected chi connectivity index (χ3v) is 4.33. The summed E-state index contributed by atoms with van der Waals surface area (Å²) in [5.41, 5.74) is 3.79. The molecule has 0 spiro atoms. The van der Waals surface area contributed by atoms with Gasteiger partial charge in [-0.1, -0.05) is 18.2 Å². The molecule has 0 unspecified atom stereocenters. The van der Waals surface area contributed by atoms with E-state index >= 15 is 0 Å². The SMILES string of the molecule is Cc1ccc(CC(=O)Nc2ccc(S(N)(=O)=O)cc2)cc1C.